The Morgan fingerprint density at radius 3 is 2.48 bits per heavy atom. The van der Waals surface area contributed by atoms with Crippen LogP contribution in [0, 0.1) is 5.92 Å². The quantitative estimate of drug-likeness (QED) is 0.723. The first-order chi connectivity index (χ1) is 9.93. The topological polar surface area (TPSA) is 98.3 Å². The van der Waals surface area contributed by atoms with Gasteiger partial charge in [0.15, 0.2) is 0 Å². The van der Waals surface area contributed by atoms with Gasteiger partial charge in [-0.05, 0) is 18.4 Å². The van der Waals surface area contributed by atoms with Crippen molar-refractivity contribution in [3.63, 3.8) is 0 Å². The van der Waals surface area contributed by atoms with Crippen molar-refractivity contribution in [2.45, 2.75) is 31.6 Å². The number of carboxylic acids is 1. The Morgan fingerprint density at radius 1 is 1.19 bits per heavy atom. The standard InChI is InChI=1S/C15H18N2O4/c1-15(10-5-3-2-4-6-10)9-11(15)14(21)17-16-12(18)7-8-13(19)20/h2-6,11H,7-9H2,1H3,(H,16,18)(H,17,21)(H,19,20)/p-1/t11-,15+/m0/s1. The van der Waals surface area contributed by atoms with Gasteiger partial charge in [0, 0.05) is 23.7 Å². The van der Waals surface area contributed by atoms with Gasteiger partial charge in [0.25, 0.3) is 0 Å². The minimum absolute atomic E-state index is 0.193. The van der Waals surface area contributed by atoms with E-state index in [0.29, 0.717) is 0 Å². The van der Waals surface area contributed by atoms with Crippen LogP contribution in [-0.4, -0.2) is 17.8 Å². The van der Waals surface area contributed by atoms with E-state index >= 15 is 0 Å². The molecule has 0 aliphatic heterocycles. The van der Waals surface area contributed by atoms with Crippen LogP contribution in [0.2, 0.25) is 0 Å². The van der Waals surface area contributed by atoms with E-state index in [1.165, 1.54) is 0 Å². The van der Waals surface area contributed by atoms with Gasteiger partial charge in [-0.2, -0.15) is 0 Å². The maximum absolute atomic E-state index is 12.0. The lowest BCUT2D eigenvalue weighted by atomic mass is 9.95. The summed E-state index contributed by atoms with van der Waals surface area (Å²) in [5.74, 6) is -2.30. The van der Waals surface area contributed by atoms with Gasteiger partial charge in [0.2, 0.25) is 11.8 Å². The maximum Gasteiger partial charge on any atom is 0.242 e. The molecule has 1 aromatic carbocycles. The zero-order valence-electron chi connectivity index (χ0n) is 11.7. The first-order valence-electron chi connectivity index (χ1n) is 6.77. The predicted molar refractivity (Wildman–Crippen MR) is 72.4 cm³/mol. The number of hydrazine groups is 1. The van der Waals surface area contributed by atoms with Crippen LogP contribution in [-0.2, 0) is 19.8 Å². The fraction of sp³-hybridized carbons (Fsp3) is 0.400. The van der Waals surface area contributed by atoms with E-state index < -0.39 is 11.9 Å². The van der Waals surface area contributed by atoms with Crippen LogP contribution in [0.25, 0.3) is 0 Å². The molecule has 2 atom stereocenters. The molecule has 0 bridgehead atoms. The molecule has 0 unspecified atom stereocenters. The summed E-state index contributed by atoms with van der Waals surface area (Å²) in [5, 5.41) is 10.2. The minimum Gasteiger partial charge on any atom is -0.550 e. The van der Waals surface area contributed by atoms with Gasteiger partial charge in [0.05, 0.1) is 0 Å². The van der Waals surface area contributed by atoms with Crippen molar-refractivity contribution in [2.75, 3.05) is 0 Å². The minimum atomic E-state index is -1.30. The first kappa shape index (κ1) is 15.0. The molecule has 0 aromatic heterocycles. The number of hydrogen-bond donors (Lipinski definition) is 2. The van der Waals surface area contributed by atoms with Gasteiger partial charge in [-0.15, -0.1) is 0 Å². The van der Waals surface area contributed by atoms with E-state index in [1.54, 1.807) is 0 Å². The van der Waals surface area contributed by atoms with Crippen molar-refractivity contribution in [3.8, 4) is 0 Å². The second kappa shape index (κ2) is 5.95. The highest BCUT2D eigenvalue weighted by Crippen LogP contribution is 2.53. The molecule has 0 radical (unpaired) electrons. The van der Waals surface area contributed by atoms with Gasteiger partial charge in [-0.25, -0.2) is 0 Å². The molecule has 1 aliphatic rings. The average molecular weight is 289 g/mol. The smallest absolute Gasteiger partial charge is 0.242 e. The van der Waals surface area contributed by atoms with E-state index in [4.69, 9.17) is 0 Å². The molecule has 21 heavy (non-hydrogen) atoms. The fourth-order valence-electron chi connectivity index (χ4n) is 2.38. The van der Waals surface area contributed by atoms with Gasteiger partial charge in [-0.1, -0.05) is 37.3 Å². The number of rotatable bonds is 5. The molecule has 0 heterocycles. The second-order valence-corrected chi connectivity index (χ2v) is 5.45. The molecule has 2 amide bonds. The van der Waals surface area contributed by atoms with Crippen LogP contribution >= 0.6 is 0 Å². The Kier molecular flexibility index (Phi) is 4.26. The molecule has 6 nitrogen and oxygen atoms in total. The van der Waals surface area contributed by atoms with Crippen molar-refractivity contribution < 1.29 is 19.5 Å². The van der Waals surface area contributed by atoms with Crippen molar-refractivity contribution >= 4 is 17.8 Å². The van der Waals surface area contributed by atoms with Crippen molar-refractivity contribution in [2.24, 2.45) is 5.92 Å². The van der Waals surface area contributed by atoms with E-state index in [2.05, 4.69) is 10.9 Å². The zero-order valence-corrected chi connectivity index (χ0v) is 11.7. The number of carbonyl (C=O) groups is 3. The van der Waals surface area contributed by atoms with Crippen LogP contribution in [0.15, 0.2) is 30.3 Å². The molecule has 2 rings (SSSR count). The highest BCUT2D eigenvalue weighted by Gasteiger charge is 2.55. The highest BCUT2D eigenvalue weighted by atomic mass is 16.4. The number of amides is 2. The lowest BCUT2D eigenvalue weighted by molar-refractivity contribution is -0.305. The molecule has 1 fully saturated rings. The zero-order chi connectivity index (χ0) is 15.5. The van der Waals surface area contributed by atoms with Crippen LogP contribution in [0.3, 0.4) is 0 Å². The molecular formula is C15H17N2O4-. The van der Waals surface area contributed by atoms with Crippen LogP contribution < -0.4 is 16.0 Å². The van der Waals surface area contributed by atoms with Crippen molar-refractivity contribution in [1.29, 1.82) is 0 Å². The predicted octanol–water partition coefficient (Wildman–Crippen LogP) is -0.358. The SMILES string of the molecule is C[C@]1(c2ccccc2)C[C@H]1C(=O)NNC(=O)CCC(=O)[O-]. The molecule has 2 N–H and O–H groups in total. The van der Waals surface area contributed by atoms with Crippen LogP contribution in [0.5, 0.6) is 0 Å². The van der Waals surface area contributed by atoms with Crippen molar-refractivity contribution in [3.05, 3.63) is 35.9 Å². The summed E-state index contributed by atoms with van der Waals surface area (Å²) in [7, 11) is 0. The number of carbonyl (C=O) groups excluding carboxylic acids is 3. The van der Waals surface area contributed by atoms with E-state index in [1.807, 2.05) is 37.3 Å². The first-order valence-corrected chi connectivity index (χ1v) is 6.77. The summed E-state index contributed by atoms with van der Waals surface area (Å²) in [6.07, 6.45) is 0.133. The van der Waals surface area contributed by atoms with Gasteiger partial charge >= 0.3 is 0 Å². The molecule has 1 aromatic rings. The summed E-state index contributed by atoms with van der Waals surface area (Å²) in [4.78, 5) is 33.5. The van der Waals surface area contributed by atoms with Gasteiger partial charge in [0.1, 0.15) is 0 Å². The Bertz CT molecular complexity index is 558. The number of hydrogen-bond acceptors (Lipinski definition) is 4. The molecule has 112 valence electrons. The monoisotopic (exact) mass is 289 g/mol. The van der Waals surface area contributed by atoms with Gasteiger partial charge in [-0.3, -0.25) is 20.4 Å². The normalized spacial score (nSPS) is 23.2. The summed E-state index contributed by atoms with van der Waals surface area (Å²) >= 11 is 0. The summed E-state index contributed by atoms with van der Waals surface area (Å²) in [6.45, 7) is 2.00. The van der Waals surface area contributed by atoms with Crippen LogP contribution in [0.4, 0.5) is 0 Å². The largest absolute Gasteiger partial charge is 0.550 e. The molecular weight excluding hydrogens is 272 g/mol. The third kappa shape index (κ3) is 3.59. The Hall–Kier alpha value is -2.37. The summed E-state index contributed by atoms with van der Waals surface area (Å²) in [6, 6.07) is 9.73. The van der Waals surface area contributed by atoms with Crippen LogP contribution in [0.1, 0.15) is 31.7 Å². The highest BCUT2D eigenvalue weighted by molar-refractivity contribution is 5.87. The molecule has 6 heteroatoms. The lowest BCUT2D eigenvalue weighted by Crippen LogP contribution is -2.43. The van der Waals surface area contributed by atoms with Gasteiger partial charge < -0.3 is 9.90 Å². The number of carboxylic acid groups (broad SMARTS) is 1. The molecule has 0 saturated heterocycles. The summed E-state index contributed by atoms with van der Waals surface area (Å²) < 4.78 is 0. The Morgan fingerprint density at radius 2 is 1.86 bits per heavy atom. The number of nitrogens with one attached hydrogen (secondary N) is 2. The third-order valence-electron chi connectivity index (χ3n) is 3.87. The third-order valence-corrected chi connectivity index (χ3v) is 3.87. The van der Waals surface area contributed by atoms with E-state index in [-0.39, 0.29) is 30.1 Å². The summed E-state index contributed by atoms with van der Waals surface area (Å²) in [5.41, 5.74) is 5.44. The molecule has 1 aliphatic carbocycles. The average Bonchev–Trinajstić information content (AvgIpc) is 3.17. The fourth-order valence-corrected chi connectivity index (χ4v) is 2.38. The lowest BCUT2D eigenvalue weighted by Gasteiger charge is -2.12. The Labute approximate surface area is 122 Å². The maximum atomic E-state index is 12.0. The van der Waals surface area contributed by atoms with Crippen molar-refractivity contribution in [1.82, 2.24) is 10.9 Å². The number of benzene rings is 1. The Balaban J connectivity index is 1.81. The molecule has 1 saturated carbocycles. The number of aliphatic carboxylic acids is 1. The molecule has 0 spiro atoms. The van der Waals surface area contributed by atoms with E-state index in [0.717, 1.165) is 12.0 Å². The van der Waals surface area contributed by atoms with E-state index in [9.17, 15) is 19.5 Å². The second-order valence-electron chi connectivity index (χ2n) is 5.45.